The summed E-state index contributed by atoms with van der Waals surface area (Å²) in [7, 11) is 0. The molecule has 5 nitrogen and oxygen atoms in total. The maximum atomic E-state index is 11.4. The molecular weight excluding hydrogens is 350 g/mol. The van der Waals surface area contributed by atoms with Gasteiger partial charge in [-0.1, -0.05) is 42.8 Å². The van der Waals surface area contributed by atoms with E-state index in [1.165, 1.54) is 24.8 Å². The van der Waals surface area contributed by atoms with Crippen LogP contribution in [0.15, 0.2) is 48.5 Å². The summed E-state index contributed by atoms with van der Waals surface area (Å²) in [6.07, 6.45) is 5.09. The first-order valence-corrected chi connectivity index (χ1v) is 10.3. The van der Waals surface area contributed by atoms with Gasteiger partial charge in [0.15, 0.2) is 0 Å². The van der Waals surface area contributed by atoms with Crippen molar-refractivity contribution in [1.82, 2.24) is 10.2 Å². The number of rotatable bonds is 6. The fourth-order valence-electron chi connectivity index (χ4n) is 4.36. The molecule has 1 fully saturated rings. The normalized spacial score (nSPS) is 20.8. The number of carbonyl (C=O) groups is 1. The van der Waals surface area contributed by atoms with Crippen molar-refractivity contribution >= 4 is 11.7 Å². The average molecular weight is 380 g/mol. The summed E-state index contributed by atoms with van der Waals surface area (Å²) >= 11 is 0. The van der Waals surface area contributed by atoms with Gasteiger partial charge in [0.25, 0.3) is 0 Å². The molecule has 0 radical (unpaired) electrons. The van der Waals surface area contributed by atoms with Gasteiger partial charge in [-0.25, -0.2) is 4.79 Å². The van der Waals surface area contributed by atoms with E-state index in [-0.39, 0.29) is 6.03 Å². The molecule has 148 valence electrons. The molecule has 2 aliphatic heterocycles. The molecular formula is C23H29N3O2. The lowest BCUT2D eigenvalue weighted by Crippen LogP contribution is -2.41. The van der Waals surface area contributed by atoms with Crippen molar-refractivity contribution in [3.05, 3.63) is 65.2 Å². The van der Waals surface area contributed by atoms with Crippen molar-refractivity contribution in [3.8, 4) is 0 Å². The van der Waals surface area contributed by atoms with Crippen LogP contribution >= 0.6 is 0 Å². The lowest BCUT2D eigenvalue weighted by atomic mass is 9.94. The number of nitrogens with one attached hydrogen (secondary N) is 2. The van der Waals surface area contributed by atoms with E-state index in [0.29, 0.717) is 12.6 Å². The Morgan fingerprint density at radius 1 is 1.14 bits per heavy atom. The van der Waals surface area contributed by atoms with Gasteiger partial charge in [0.05, 0.1) is 6.10 Å². The number of hydrogen-bond donors (Lipinski definition) is 3. The van der Waals surface area contributed by atoms with Gasteiger partial charge in [-0.15, -0.1) is 0 Å². The zero-order chi connectivity index (χ0) is 19.3. The molecule has 5 heteroatoms. The highest BCUT2D eigenvalue weighted by Gasteiger charge is 2.24. The van der Waals surface area contributed by atoms with Gasteiger partial charge >= 0.3 is 6.03 Å². The van der Waals surface area contributed by atoms with Crippen molar-refractivity contribution in [2.75, 3.05) is 18.4 Å². The van der Waals surface area contributed by atoms with Gasteiger partial charge in [-0.2, -0.15) is 0 Å². The third-order valence-electron chi connectivity index (χ3n) is 5.95. The van der Waals surface area contributed by atoms with E-state index in [9.17, 15) is 9.90 Å². The van der Waals surface area contributed by atoms with Crippen LogP contribution in [0.1, 0.15) is 48.5 Å². The summed E-state index contributed by atoms with van der Waals surface area (Å²) in [6, 6.07) is 16.9. The second-order valence-electron chi connectivity index (χ2n) is 7.90. The second-order valence-corrected chi connectivity index (χ2v) is 7.90. The van der Waals surface area contributed by atoms with E-state index in [2.05, 4.69) is 45.9 Å². The minimum atomic E-state index is -0.484. The number of anilines is 1. The van der Waals surface area contributed by atoms with Gasteiger partial charge in [0.2, 0.25) is 0 Å². The molecule has 1 saturated heterocycles. The zero-order valence-corrected chi connectivity index (χ0v) is 16.2. The average Bonchev–Trinajstić information content (AvgIpc) is 2.73. The molecule has 2 heterocycles. The Morgan fingerprint density at radius 2 is 2.00 bits per heavy atom. The van der Waals surface area contributed by atoms with Gasteiger partial charge in [-0.05, 0) is 61.1 Å². The number of nitrogens with zero attached hydrogens (tertiary/aromatic N) is 1. The van der Waals surface area contributed by atoms with Gasteiger partial charge in [0.1, 0.15) is 0 Å². The summed E-state index contributed by atoms with van der Waals surface area (Å²) in [4.78, 5) is 14.0. The molecule has 0 saturated carbocycles. The monoisotopic (exact) mass is 379 g/mol. The predicted molar refractivity (Wildman–Crippen MR) is 111 cm³/mol. The van der Waals surface area contributed by atoms with E-state index in [1.807, 2.05) is 18.2 Å². The number of amides is 2. The largest absolute Gasteiger partial charge is 0.388 e. The van der Waals surface area contributed by atoms with Crippen LogP contribution in [0.5, 0.6) is 0 Å². The van der Waals surface area contributed by atoms with E-state index in [4.69, 9.17) is 0 Å². The first-order valence-electron chi connectivity index (χ1n) is 10.3. The zero-order valence-electron chi connectivity index (χ0n) is 16.2. The van der Waals surface area contributed by atoms with Gasteiger partial charge < -0.3 is 15.7 Å². The molecule has 3 N–H and O–H groups in total. The summed E-state index contributed by atoms with van der Waals surface area (Å²) in [5.41, 5.74) is 4.17. The Morgan fingerprint density at radius 3 is 2.86 bits per heavy atom. The first kappa shape index (κ1) is 19.0. The quantitative estimate of drug-likeness (QED) is 0.714. The van der Waals surface area contributed by atoms with E-state index in [1.54, 1.807) is 0 Å². The fourth-order valence-corrected chi connectivity index (χ4v) is 4.36. The molecule has 28 heavy (non-hydrogen) atoms. The van der Waals surface area contributed by atoms with Crippen molar-refractivity contribution < 1.29 is 9.90 Å². The van der Waals surface area contributed by atoms with Crippen LogP contribution in [0.3, 0.4) is 0 Å². The molecule has 2 atom stereocenters. The van der Waals surface area contributed by atoms with E-state index in [0.717, 1.165) is 42.7 Å². The molecule has 0 aromatic heterocycles. The van der Waals surface area contributed by atoms with Crippen molar-refractivity contribution in [3.63, 3.8) is 0 Å². The number of piperidine rings is 1. The molecule has 0 spiro atoms. The maximum Gasteiger partial charge on any atom is 0.319 e. The number of hydrogen-bond acceptors (Lipinski definition) is 3. The standard InChI is InChI=1S/C23H29N3O2/c27-22(18-9-10-21-19(15-18)16-24-23(28)25-21)11-13-26-12-5-4-8-20(26)14-17-6-2-1-3-7-17/h1-3,6-7,9-10,15,20,22,27H,4-5,8,11-14,16H2,(H2,24,25,28). The highest BCUT2D eigenvalue weighted by Crippen LogP contribution is 2.27. The highest BCUT2D eigenvalue weighted by molar-refractivity contribution is 5.92. The molecule has 4 rings (SSSR count). The third-order valence-corrected chi connectivity index (χ3v) is 5.95. The molecule has 2 aromatic rings. The number of aliphatic hydroxyl groups excluding tert-OH is 1. The smallest absolute Gasteiger partial charge is 0.319 e. The number of benzene rings is 2. The summed E-state index contributed by atoms with van der Waals surface area (Å²) in [6.45, 7) is 2.53. The number of aliphatic hydroxyl groups is 1. The van der Waals surface area contributed by atoms with E-state index < -0.39 is 6.10 Å². The number of likely N-dealkylation sites (tertiary alicyclic amines) is 1. The molecule has 2 amide bonds. The van der Waals surface area contributed by atoms with Crippen molar-refractivity contribution in [1.29, 1.82) is 0 Å². The van der Waals surface area contributed by atoms with Crippen LogP contribution in [0.2, 0.25) is 0 Å². The van der Waals surface area contributed by atoms with Crippen molar-refractivity contribution in [2.45, 2.75) is 50.8 Å². The molecule has 2 aromatic carbocycles. The Labute approximate surface area is 166 Å². The number of urea groups is 1. The number of fused-ring (bicyclic) bond motifs is 1. The van der Waals surface area contributed by atoms with Crippen LogP contribution in [0.4, 0.5) is 10.5 Å². The predicted octanol–water partition coefficient (Wildman–Crippen LogP) is 3.84. The Kier molecular flexibility index (Phi) is 5.93. The fraction of sp³-hybridized carbons (Fsp3) is 0.435. The van der Waals surface area contributed by atoms with Gasteiger partial charge in [0, 0.05) is 24.8 Å². The Balaban J connectivity index is 1.36. The van der Waals surface area contributed by atoms with Crippen LogP contribution < -0.4 is 10.6 Å². The molecule has 0 bridgehead atoms. The lowest BCUT2D eigenvalue weighted by molar-refractivity contribution is 0.103. The van der Waals surface area contributed by atoms with Crippen LogP contribution in [0.25, 0.3) is 0 Å². The lowest BCUT2D eigenvalue weighted by Gasteiger charge is -2.36. The SMILES string of the molecule is O=C1NCc2cc(C(O)CCN3CCCCC3Cc3ccccc3)ccc2N1. The molecule has 2 unspecified atom stereocenters. The minimum absolute atomic E-state index is 0.171. The van der Waals surface area contributed by atoms with Crippen LogP contribution in [-0.2, 0) is 13.0 Å². The Bertz CT molecular complexity index is 809. The summed E-state index contributed by atoms with van der Waals surface area (Å²) in [5, 5.41) is 16.3. The summed E-state index contributed by atoms with van der Waals surface area (Å²) < 4.78 is 0. The van der Waals surface area contributed by atoms with Crippen LogP contribution in [-0.4, -0.2) is 35.2 Å². The van der Waals surface area contributed by atoms with Gasteiger partial charge in [-0.3, -0.25) is 4.90 Å². The van der Waals surface area contributed by atoms with E-state index >= 15 is 0 Å². The maximum absolute atomic E-state index is 11.4. The van der Waals surface area contributed by atoms with Crippen molar-refractivity contribution in [2.24, 2.45) is 0 Å². The Hall–Kier alpha value is -2.37. The third kappa shape index (κ3) is 4.54. The minimum Gasteiger partial charge on any atom is -0.388 e. The molecule has 0 aliphatic carbocycles. The first-order chi connectivity index (χ1) is 13.7. The highest BCUT2D eigenvalue weighted by atomic mass is 16.3. The van der Waals surface area contributed by atoms with Crippen LogP contribution in [0, 0.1) is 0 Å². The molecule has 2 aliphatic rings. The number of carbonyl (C=O) groups excluding carboxylic acids is 1. The summed E-state index contributed by atoms with van der Waals surface area (Å²) in [5.74, 6) is 0. The topological polar surface area (TPSA) is 64.6 Å². The second kappa shape index (κ2) is 8.76.